The van der Waals surface area contributed by atoms with Gasteiger partial charge in [-0.15, -0.1) is 0 Å². The van der Waals surface area contributed by atoms with Gasteiger partial charge in [-0.3, -0.25) is 4.98 Å². The summed E-state index contributed by atoms with van der Waals surface area (Å²) in [4.78, 5) is 21.8. The molecule has 0 saturated carbocycles. The van der Waals surface area contributed by atoms with E-state index in [9.17, 15) is 4.79 Å². The van der Waals surface area contributed by atoms with E-state index in [0.717, 1.165) is 6.42 Å². The van der Waals surface area contributed by atoms with Gasteiger partial charge in [0.1, 0.15) is 11.4 Å². The second-order valence-corrected chi connectivity index (χ2v) is 6.29. The standard InChI is InChI=1S/C20H15FN4O3/c21-18-14(15-9-24-16(22)10-23-15)6-5-13(11-2-1-3-11)19(18)28-17-7-4-12(8-25-17)20(26)27/h1-2,4-11H,3H2,(H2,22,24)(H,26,27)/p+1. The number of benzene rings is 1. The van der Waals surface area contributed by atoms with Crippen LogP contribution in [0, 0.1) is 5.82 Å². The molecule has 28 heavy (non-hydrogen) atoms. The number of nitrogens with zero attached hydrogens (tertiary/aromatic N) is 2. The van der Waals surface area contributed by atoms with Gasteiger partial charge in [0.15, 0.2) is 17.8 Å². The Balaban J connectivity index is 1.76. The molecule has 1 aliphatic rings. The molecule has 1 atom stereocenters. The van der Waals surface area contributed by atoms with Gasteiger partial charge in [-0.2, -0.15) is 4.98 Å². The lowest BCUT2D eigenvalue weighted by molar-refractivity contribution is -0.391. The minimum Gasteiger partial charge on any atom is -0.477 e. The molecule has 0 radical (unpaired) electrons. The summed E-state index contributed by atoms with van der Waals surface area (Å²) in [6, 6.07) is 6.26. The third-order valence-electron chi connectivity index (χ3n) is 4.48. The largest absolute Gasteiger partial charge is 0.477 e. The van der Waals surface area contributed by atoms with Crippen molar-refractivity contribution in [2.24, 2.45) is 0 Å². The lowest BCUT2D eigenvalue weighted by Crippen LogP contribution is -2.12. The topological polar surface area (TPSA) is 112 Å². The Hall–Kier alpha value is -3.81. The fourth-order valence-corrected chi connectivity index (χ4v) is 2.86. The van der Waals surface area contributed by atoms with E-state index in [2.05, 4.69) is 15.0 Å². The first kappa shape index (κ1) is 17.6. The van der Waals surface area contributed by atoms with E-state index in [4.69, 9.17) is 15.6 Å². The highest BCUT2D eigenvalue weighted by Gasteiger charge is 2.25. The molecule has 3 aromatic rings. The number of nitrogens with one attached hydrogen (secondary N) is 1. The first-order chi connectivity index (χ1) is 13.5. The summed E-state index contributed by atoms with van der Waals surface area (Å²) in [7, 11) is 0. The van der Waals surface area contributed by atoms with Crippen LogP contribution in [0.25, 0.3) is 11.3 Å². The number of nitrogen functional groups attached to an aromatic ring is 1. The number of pyridine rings is 1. The van der Waals surface area contributed by atoms with Crippen molar-refractivity contribution in [2.75, 3.05) is 5.73 Å². The van der Waals surface area contributed by atoms with E-state index < -0.39 is 11.8 Å². The molecule has 2 aromatic heterocycles. The SMILES string of the molecule is Nc1cnc(-c2ccc(C3C=CC3)c(Oc3ccc(C(=O)O)c[nH+]3)c2F)cn1. The summed E-state index contributed by atoms with van der Waals surface area (Å²) < 4.78 is 21.2. The number of hydrogen-bond acceptors (Lipinski definition) is 5. The van der Waals surface area contributed by atoms with Crippen LogP contribution >= 0.6 is 0 Å². The number of ether oxygens (including phenoxy) is 1. The van der Waals surface area contributed by atoms with E-state index in [1.54, 1.807) is 12.1 Å². The quantitative estimate of drug-likeness (QED) is 0.658. The average molecular weight is 379 g/mol. The van der Waals surface area contributed by atoms with Gasteiger partial charge in [0, 0.05) is 17.0 Å². The smallest absolute Gasteiger partial charge is 0.371 e. The fourth-order valence-electron chi connectivity index (χ4n) is 2.86. The molecule has 1 aromatic carbocycles. The van der Waals surface area contributed by atoms with Gasteiger partial charge >= 0.3 is 11.8 Å². The highest BCUT2D eigenvalue weighted by molar-refractivity contribution is 5.86. The number of H-pyrrole nitrogens is 1. The van der Waals surface area contributed by atoms with Crippen molar-refractivity contribution in [1.29, 1.82) is 0 Å². The normalized spacial score (nSPS) is 15.1. The van der Waals surface area contributed by atoms with Crippen LogP contribution in [0.5, 0.6) is 11.6 Å². The van der Waals surface area contributed by atoms with E-state index in [0.29, 0.717) is 11.3 Å². The number of allylic oxidation sites excluding steroid dienone is 2. The average Bonchev–Trinajstić information content (AvgIpc) is 2.64. The molecule has 0 amide bonds. The molecular formula is C20H16FN4O3+. The fraction of sp³-hybridized carbons (Fsp3) is 0.100. The molecule has 0 saturated heterocycles. The number of halogens is 1. The molecule has 8 heteroatoms. The van der Waals surface area contributed by atoms with Crippen LogP contribution in [0.4, 0.5) is 10.2 Å². The number of hydrogen-bond donors (Lipinski definition) is 2. The first-order valence-corrected chi connectivity index (χ1v) is 8.53. The number of rotatable bonds is 5. The number of anilines is 1. The Morgan fingerprint density at radius 3 is 2.64 bits per heavy atom. The minimum atomic E-state index is -1.07. The van der Waals surface area contributed by atoms with Crippen LogP contribution in [0.1, 0.15) is 28.3 Å². The maximum Gasteiger partial charge on any atom is 0.371 e. The molecule has 0 fully saturated rings. The number of aromatic amines is 1. The van der Waals surface area contributed by atoms with Crippen molar-refractivity contribution in [2.45, 2.75) is 12.3 Å². The molecule has 140 valence electrons. The summed E-state index contributed by atoms with van der Waals surface area (Å²) in [6.45, 7) is 0. The van der Waals surface area contributed by atoms with Gasteiger partial charge in [0.2, 0.25) is 0 Å². The van der Waals surface area contributed by atoms with Crippen LogP contribution in [-0.2, 0) is 0 Å². The zero-order valence-electron chi connectivity index (χ0n) is 14.6. The lowest BCUT2D eigenvalue weighted by atomic mass is 9.86. The maximum absolute atomic E-state index is 15.4. The van der Waals surface area contributed by atoms with E-state index in [1.165, 1.54) is 30.7 Å². The van der Waals surface area contributed by atoms with Crippen LogP contribution in [0.3, 0.4) is 0 Å². The van der Waals surface area contributed by atoms with Gasteiger partial charge in [0.25, 0.3) is 0 Å². The molecule has 7 nitrogen and oxygen atoms in total. The molecule has 0 aliphatic heterocycles. The first-order valence-electron chi connectivity index (χ1n) is 8.53. The summed E-state index contributed by atoms with van der Waals surface area (Å²) in [5.74, 6) is -1.08. The zero-order valence-corrected chi connectivity index (χ0v) is 14.6. The van der Waals surface area contributed by atoms with E-state index in [-0.39, 0.29) is 34.5 Å². The molecular weight excluding hydrogens is 363 g/mol. The highest BCUT2D eigenvalue weighted by atomic mass is 19.1. The van der Waals surface area contributed by atoms with Crippen LogP contribution < -0.4 is 15.5 Å². The van der Waals surface area contributed by atoms with E-state index in [1.807, 2.05) is 12.2 Å². The molecule has 1 unspecified atom stereocenters. The minimum absolute atomic E-state index is 0.0503. The summed E-state index contributed by atoms with van der Waals surface area (Å²) in [6.07, 6.45) is 8.80. The van der Waals surface area contributed by atoms with Crippen molar-refractivity contribution in [1.82, 2.24) is 9.97 Å². The third kappa shape index (κ3) is 3.27. The van der Waals surface area contributed by atoms with Crippen molar-refractivity contribution in [3.63, 3.8) is 0 Å². The van der Waals surface area contributed by atoms with Crippen LogP contribution in [0.2, 0.25) is 0 Å². The number of carbonyl (C=O) groups is 1. The third-order valence-corrected chi connectivity index (χ3v) is 4.48. The van der Waals surface area contributed by atoms with Crippen LogP contribution in [-0.4, -0.2) is 21.0 Å². The predicted molar refractivity (Wildman–Crippen MR) is 98.4 cm³/mol. The Bertz CT molecular complexity index is 1070. The van der Waals surface area contributed by atoms with Gasteiger partial charge in [-0.25, -0.2) is 14.2 Å². The number of aromatic nitrogens is 3. The zero-order chi connectivity index (χ0) is 19.7. The van der Waals surface area contributed by atoms with Crippen molar-refractivity contribution in [3.8, 4) is 22.9 Å². The molecule has 0 bridgehead atoms. The summed E-state index contributed by atoms with van der Waals surface area (Å²) in [5.41, 5.74) is 6.88. The van der Waals surface area contributed by atoms with Gasteiger partial charge in [-0.05, 0) is 18.6 Å². The monoisotopic (exact) mass is 379 g/mol. The highest BCUT2D eigenvalue weighted by Crippen LogP contribution is 2.41. The van der Waals surface area contributed by atoms with Crippen molar-refractivity contribution < 1.29 is 24.0 Å². The molecule has 1 aliphatic carbocycles. The van der Waals surface area contributed by atoms with E-state index >= 15 is 4.39 Å². The maximum atomic E-state index is 15.4. The van der Waals surface area contributed by atoms with Crippen LogP contribution in [0.15, 0.2) is 55.0 Å². The number of carboxylic acid groups (broad SMARTS) is 1. The summed E-state index contributed by atoms with van der Waals surface area (Å²) in [5, 5.41) is 9.00. The Labute approximate surface area is 159 Å². The molecule has 0 spiro atoms. The summed E-state index contributed by atoms with van der Waals surface area (Å²) >= 11 is 0. The second kappa shape index (κ2) is 7.07. The molecule has 4 rings (SSSR count). The second-order valence-electron chi connectivity index (χ2n) is 6.29. The van der Waals surface area contributed by atoms with Crippen molar-refractivity contribution >= 4 is 11.8 Å². The predicted octanol–water partition coefficient (Wildman–Crippen LogP) is 3.21. The number of carboxylic acids is 1. The van der Waals surface area contributed by atoms with Gasteiger partial charge in [-0.1, -0.05) is 18.2 Å². The number of nitrogens with two attached hydrogens (primary N) is 1. The Morgan fingerprint density at radius 2 is 2.07 bits per heavy atom. The Morgan fingerprint density at radius 1 is 1.25 bits per heavy atom. The molecule has 2 heterocycles. The van der Waals surface area contributed by atoms with Crippen molar-refractivity contribution in [3.05, 3.63) is 72.0 Å². The molecule has 4 N–H and O–H groups in total. The van der Waals surface area contributed by atoms with Gasteiger partial charge in [0.05, 0.1) is 24.2 Å². The number of aromatic carboxylic acids is 1. The van der Waals surface area contributed by atoms with Gasteiger partial charge < -0.3 is 15.6 Å². The Kier molecular flexibility index (Phi) is 4.44. The lowest BCUT2D eigenvalue weighted by Gasteiger charge is -2.21.